The molecule has 0 radical (unpaired) electrons. The van der Waals surface area contributed by atoms with Gasteiger partial charge in [0.2, 0.25) is 5.91 Å². The summed E-state index contributed by atoms with van der Waals surface area (Å²) >= 11 is 1.45. The van der Waals surface area contributed by atoms with Gasteiger partial charge in [0.05, 0.1) is 17.5 Å². The Morgan fingerprint density at radius 3 is 2.68 bits per heavy atom. The number of aryl methyl sites for hydroxylation is 1. The van der Waals surface area contributed by atoms with Crippen molar-refractivity contribution >= 4 is 44.0 Å². The highest BCUT2D eigenvalue weighted by Crippen LogP contribution is 2.36. The first-order valence-electron chi connectivity index (χ1n) is 9.04. The van der Waals surface area contributed by atoms with Gasteiger partial charge >= 0.3 is 0 Å². The van der Waals surface area contributed by atoms with Crippen LogP contribution in [0.25, 0.3) is 0 Å². The van der Waals surface area contributed by atoms with Gasteiger partial charge in [0.1, 0.15) is 6.54 Å². The van der Waals surface area contributed by atoms with Gasteiger partial charge in [0, 0.05) is 16.6 Å². The van der Waals surface area contributed by atoms with Crippen molar-refractivity contribution in [1.82, 2.24) is 0 Å². The van der Waals surface area contributed by atoms with Crippen molar-refractivity contribution < 1.29 is 13.2 Å². The van der Waals surface area contributed by atoms with Crippen molar-refractivity contribution in [3.8, 4) is 0 Å². The maximum absolute atomic E-state index is 12.7. The molecule has 146 valence electrons. The van der Waals surface area contributed by atoms with Crippen molar-refractivity contribution in [3.63, 3.8) is 0 Å². The Bertz CT molecular complexity index is 1020. The van der Waals surface area contributed by atoms with E-state index in [9.17, 15) is 13.2 Å². The molecule has 0 spiro atoms. The fraction of sp³-hybridized carbons (Fsp3) is 0.300. The van der Waals surface area contributed by atoms with E-state index in [-0.39, 0.29) is 35.2 Å². The third-order valence-corrected chi connectivity index (χ3v) is 7.95. The second kappa shape index (κ2) is 7.60. The lowest BCUT2D eigenvalue weighted by Gasteiger charge is -2.24. The number of sulfone groups is 1. The largest absolute Gasteiger partial charge is 0.325 e. The number of nitrogens with zero attached hydrogens (tertiary/aromatic N) is 2. The van der Waals surface area contributed by atoms with Crippen molar-refractivity contribution in [2.24, 2.45) is 4.99 Å². The number of rotatable bonds is 4. The predicted molar refractivity (Wildman–Crippen MR) is 115 cm³/mol. The Morgan fingerprint density at radius 2 is 1.96 bits per heavy atom. The van der Waals surface area contributed by atoms with Crippen LogP contribution >= 0.6 is 11.8 Å². The van der Waals surface area contributed by atoms with Crippen LogP contribution in [0.2, 0.25) is 0 Å². The number of hydrogen-bond donors (Lipinski definition) is 1. The fourth-order valence-corrected chi connectivity index (χ4v) is 7.20. The normalized spacial score (nSPS) is 22.4. The number of benzene rings is 2. The summed E-state index contributed by atoms with van der Waals surface area (Å²) in [4.78, 5) is 19.2. The van der Waals surface area contributed by atoms with Crippen LogP contribution in [0.5, 0.6) is 0 Å². The van der Waals surface area contributed by atoms with Crippen molar-refractivity contribution in [2.45, 2.75) is 18.2 Å². The van der Waals surface area contributed by atoms with E-state index in [1.807, 2.05) is 66.4 Å². The summed E-state index contributed by atoms with van der Waals surface area (Å²) in [6.45, 7) is 2.08. The number of hydrogen-bond acceptors (Lipinski definition) is 6. The van der Waals surface area contributed by atoms with Gasteiger partial charge in [-0.2, -0.15) is 0 Å². The van der Waals surface area contributed by atoms with Gasteiger partial charge in [0.15, 0.2) is 15.0 Å². The molecule has 0 aromatic heterocycles. The quantitative estimate of drug-likeness (QED) is 0.831. The lowest BCUT2D eigenvalue weighted by molar-refractivity contribution is -0.114. The van der Waals surface area contributed by atoms with Crippen LogP contribution in [0.4, 0.5) is 11.4 Å². The molecule has 6 nitrogen and oxygen atoms in total. The second-order valence-corrected chi connectivity index (χ2v) is 10.4. The van der Waals surface area contributed by atoms with Gasteiger partial charge in [0.25, 0.3) is 0 Å². The number of para-hydroxylation sites is 1. The monoisotopic (exact) mass is 415 g/mol. The highest BCUT2D eigenvalue weighted by molar-refractivity contribution is 8.15. The van der Waals surface area contributed by atoms with Crippen molar-refractivity contribution in [3.05, 3.63) is 60.2 Å². The highest BCUT2D eigenvalue weighted by Gasteiger charge is 2.44. The Balaban J connectivity index is 1.55. The van der Waals surface area contributed by atoms with Gasteiger partial charge < -0.3 is 10.2 Å². The summed E-state index contributed by atoms with van der Waals surface area (Å²) in [5, 5.41) is 3.57. The Kier molecular flexibility index (Phi) is 5.16. The molecule has 8 heteroatoms. The zero-order chi connectivity index (χ0) is 19.7. The third kappa shape index (κ3) is 4.23. The summed E-state index contributed by atoms with van der Waals surface area (Å²) < 4.78 is 23.7. The first kappa shape index (κ1) is 19.0. The molecule has 28 heavy (non-hydrogen) atoms. The Labute approximate surface area is 169 Å². The molecule has 1 amide bonds. The molecule has 0 aliphatic carbocycles. The minimum atomic E-state index is -3.01. The molecule has 2 aliphatic heterocycles. The predicted octanol–water partition coefficient (Wildman–Crippen LogP) is 2.71. The molecule has 1 saturated heterocycles. The SMILES string of the molecule is Cc1cccc(NC(=O)CN(C2=N[C@H]3CS(=O)(=O)C[C@@H]3S2)c2ccccc2)c1. The van der Waals surface area contributed by atoms with Crippen LogP contribution in [-0.4, -0.2) is 48.8 Å². The van der Waals surface area contributed by atoms with Gasteiger partial charge in [-0.25, -0.2) is 8.42 Å². The Morgan fingerprint density at radius 1 is 1.18 bits per heavy atom. The number of aliphatic imine (C=N–C) groups is 1. The molecule has 2 atom stereocenters. The summed E-state index contributed by atoms with van der Waals surface area (Å²) in [5.41, 5.74) is 2.68. The van der Waals surface area contributed by atoms with Crippen molar-refractivity contribution in [1.29, 1.82) is 0 Å². The van der Waals surface area contributed by atoms with Crippen LogP contribution in [0.3, 0.4) is 0 Å². The van der Waals surface area contributed by atoms with Crippen LogP contribution in [0.1, 0.15) is 5.56 Å². The van der Waals surface area contributed by atoms with Crippen LogP contribution < -0.4 is 10.2 Å². The maximum atomic E-state index is 12.7. The molecular weight excluding hydrogens is 394 g/mol. The number of amides is 1. The van der Waals surface area contributed by atoms with E-state index in [0.29, 0.717) is 5.17 Å². The zero-order valence-electron chi connectivity index (χ0n) is 15.4. The molecule has 2 aromatic carbocycles. The number of fused-ring (bicyclic) bond motifs is 1. The van der Waals surface area contributed by atoms with Crippen LogP contribution in [-0.2, 0) is 14.6 Å². The number of carbonyl (C=O) groups excluding carboxylic acids is 1. The first-order chi connectivity index (χ1) is 13.4. The minimum Gasteiger partial charge on any atom is -0.325 e. The molecule has 1 fully saturated rings. The van der Waals surface area contributed by atoms with Gasteiger partial charge in [-0.05, 0) is 36.8 Å². The van der Waals surface area contributed by atoms with E-state index in [1.165, 1.54) is 11.8 Å². The lowest BCUT2D eigenvalue weighted by atomic mass is 10.2. The van der Waals surface area contributed by atoms with Gasteiger partial charge in [-0.15, -0.1) is 0 Å². The smallest absolute Gasteiger partial charge is 0.244 e. The molecule has 2 heterocycles. The molecule has 2 aromatic rings. The molecule has 2 aliphatic rings. The van der Waals surface area contributed by atoms with Crippen LogP contribution in [0, 0.1) is 6.92 Å². The number of amidine groups is 1. The van der Waals surface area contributed by atoms with Gasteiger partial charge in [-0.1, -0.05) is 42.1 Å². The fourth-order valence-electron chi connectivity index (χ4n) is 3.42. The standard InChI is InChI=1S/C20H21N3O3S2/c1-14-6-5-7-15(10-14)21-19(24)11-23(16-8-3-2-4-9-16)20-22-17-12-28(25,26)13-18(17)27-20/h2-10,17-18H,11-13H2,1H3,(H,21,24)/t17-,18-/m0/s1. The van der Waals surface area contributed by atoms with Crippen molar-refractivity contribution in [2.75, 3.05) is 28.3 Å². The van der Waals surface area contributed by atoms with E-state index < -0.39 is 9.84 Å². The molecule has 0 bridgehead atoms. The minimum absolute atomic E-state index is 0.0638. The summed E-state index contributed by atoms with van der Waals surface area (Å²) in [6, 6.07) is 17.0. The average molecular weight is 416 g/mol. The summed E-state index contributed by atoms with van der Waals surface area (Å²) in [5.74, 6) is 0.0853. The number of anilines is 2. The molecular formula is C20H21N3O3S2. The van der Waals surface area contributed by atoms with Gasteiger partial charge in [-0.3, -0.25) is 9.79 Å². The summed E-state index contributed by atoms with van der Waals surface area (Å²) in [7, 11) is -3.01. The number of thioether (sulfide) groups is 1. The highest BCUT2D eigenvalue weighted by atomic mass is 32.2. The van der Waals surface area contributed by atoms with E-state index in [0.717, 1.165) is 16.9 Å². The first-order valence-corrected chi connectivity index (χ1v) is 11.7. The number of carbonyl (C=O) groups is 1. The van der Waals surface area contributed by atoms with Crippen LogP contribution in [0.15, 0.2) is 59.6 Å². The Hall–Kier alpha value is -2.32. The number of nitrogens with one attached hydrogen (secondary N) is 1. The molecule has 4 rings (SSSR count). The summed E-state index contributed by atoms with van der Waals surface area (Å²) in [6.07, 6.45) is 0. The van der Waals surface area contributed by atoms with E-state index in [2.05, 4.69) is 10.3 Å². The maximum Gasteiger partial charge on any atom is 0.244 e. The topological polar surface area (TPSA) is 78.8 Å². The average Bonchev–Trinajstić information content (AvgIpc) is 3.14. The zero-order valence-corrected chi connectivity index (χ0v) is 17.0. The lowest BCUT2D eigenvalue weighted by Crippen LogP contribution is -2.36. The molecule has 0 unspecified atom stereocenters. The van der Waals surface area contributed by atoms with E-state index >= 15 is 0 Å². The molecule has 0 saturated carbocycles. The van der Waals surface area contributed by atoms with E-state index in [1.54, 1.807) is 0 Å². The second-order valence-electron chi connectivity index (χ2n) is 7.05. The molecule has 1 N–H and O–H groups in total. The van der Waals surface area contributed by atoms with E-state index in [4.69, 9.17) is 0 Å². The third-order valence-electron chi connectivity index (χ3n) is 4.71.